The van der Waals surface area contributed by atoms with E-state index < -0.39 is 17.1 Å². The van der Waals surface area contributed by atoms with E-state index in [1.165, 1.54) is 0 Å². The van der Waals surface area contributed by atoms with Crippen LogP contribution < -0.4 is 5.32 Å². The Kier molecular flexibility index (Phi) is 4.00. The number of ether oxygens (including phenoxy) is 1. The van der Waals surface area contributed by atoms with Gasteiger partial charge in [0.25, 0.3) is 0 Å². The van der Waals surface area contributed by atoms with Gasteiger partial charge in [0.15, 0.2) is 5.78 Å². The van der Waals surface area contributed by atoms with Crippen LogP contribution >= 0.6 is 0 Å². The van der Waals surface area contributed by atoms with Crippen molar-refractivity contribution in [1.29, 1.82) is 0 Å². The summed E-state index contributed by atoms with van der Waals surface area (Å²) >= 11 is 0. The molecule has 2 fully saturated rings. The van der Waals surface area contributed by atoms with E-state index in [0.717, 1.165) is 0 Å². The van der Waals surface area contributed by atoms with Crippen molar-refractivity contribution >= 4 is 17.8 Å². The fourth-order valence-corrected chi connectivity index (χ4v) is 3.26. The molecule has 6 heteroatoms. The highest BCUT2D eigenvalue weighted by molar-refractivity contribution is 5.98. The summed E-state index contributed by atoms with van der Waals surface area (Å²) in [5, 5.41) is 2.69. The van der Waals surface area contributed by atoms with Crippen LogP contribution in [0.25, 0.3) is 0 Å². The van der Waals surface area contributed by atoms with E-state index in [1.807, 2.05) is 34.6 Å². The van der Waals surface area contributed by atoms with Crippen molar-refractivity contribution < 1.29 is 19.1 Å². The van der Waals surface area contributed by atoms with Gasteiger partial charge in [-0.15, -0.1) is 0 Å². The molecule has 124 valence electrons. The first-order chi connectivity index (χ1) is 9.97. The quantitative estimate of drug-likeness (QED) is 0.739. The Labute approximate surface area is 131 Å². The van der Waals surface area contributed by atoms with Crippen molar-refractivity contribution in [3.8, 4) is 0 Å². The Bertz CT molecular complexity index is 507. The molecule has 0 aliphatic carbocycles. The molecule has 2 saturated heterocycles. The third-order valence-corrected chi connectivity index (χ3v) is 4.79. The van der Waals surface area contributed by atoms with Gasteiger partial charge in [-0.1, -0.05) is 13.8 Å². The molecule has 0 radical (unpaired) electrons. The van der Waals surface area contributed by atoms with Gasteiger partial charge in [0.1, 0.15) is 5.60 Å². The summed E-state index contributed by atoms with van der Waals surface area (Å²) in [6, 6.07) is 0. The van der Waals surface area contributed by atoms with E-state index >= 15 is 0 Å². The topological polar surface area (TPSA) is 75.7 Å². The largest absolute Gasteiger partial charge is 0.444 e. The molecule has 2 rings (SSSR count). The number of ketones is 1. The first-order valence-corrected chi connectivity index (χ1v) is 7.75. The second-order valence-electron chi connectivity index (χ2n) is 8.02. The van der Waals surface area contributed by atoms with E-state index in [-0.39, 0.29) is 36.6 Å². The maximum atomic E-state index is 12.5. The number of rotatable bonds is 0. The fraction of sp³-hybridized carbons (Fsp3) is 0.812. The first kappa shape index (κ1) is 16.8. The molecule has 0 aromatic rings. The number of piperidine rings is 2. The van der Waals surface area contributed by atoms with Gasteiger partial charge in [-0.25, -0.2) is 4.79 Å². The molecule has 1 atom stereocenters. The van der Waals surface area contributed by atoms with Crippen LogP contribution in [0.3, 0.4) is 0 Å². The predicted octanol–water partition coefficient (Wildman–Crippen LogP) is 1.73. The number of hydrogen-bond acceptors (Lipinski definition) is 4. The Morgan fingerprint density at radius 1 is 1.27 bits per heavy atom. The smallest absolute Gasteiger partial charge is 0.410 e. The number of amides is 2. The third kappa shape index (κ3) is 2.96. The Hall–Kier alpha value is -1.59. The number of hydrogen-bond donors (Lipinski definition) is 1. The van der Waals surface area contributed by atoms with E-state index in [4.69, 9.17) is 4.74 Å². The standard InChI is InChI=1S/C16H26N2O4/c1-14(2,3)22-13(21)18-7-6-15(4,5)16(10-18)8-11(19)9-17-12(16)20/h6-10H2,1-5H3,(H,17,20). The van der Waals surface area contributed by atoms with Crippen molar-refractivity contribution in [1.82, 2.24) is 10.2 Å². The van der Waals surface area contributed by atoms with Gasteiger partial charge in [-0.2, -0.15) is 0 Å². The van der Waals surface area contributed by atoms with Crippen LogP contribution in [0.2, 0.25) is 0 Å². The van der Waals surface area contributed by atoms with E-state index in [9.17, 15) is 14.4 Å². The fourth-order valence-electron chi connectivity index (χ4n) is 3.26. The lowest BCUT2D eigenvalue weighted by molar-refractivity contribution is -0.155. The lowest BCUT2D eigenvalue weighted by Gasteiger charge is -2.53. The van der Waals surface area contributed by atoms with Crippen LogP contribution in [0.5, 0.6) is 0 Å². The molecule has 1 N–H and O–H groups in total. The molecular formula is C16H26N2O4. The molecule has 0 aromatic carbocycles. The number of carbonyl (C=O) groups is 3. The summed E-state index contributed by atoms with van der Waals surface area (Å²) in [4.78, 5) is 38.4. The lowest BCUT2D eigenvalue weighted by Crippen LogP contribution is -2.65. The minimum absolute atomic E-state index is 0.0127. The van der Waals surface area contributed by atoms with Gasteiger partial charge in [0, 0.05) is 19.5 Å². The van der Waals surface area contributed by atoms with Crippen molar-refractivity contribution in [3.63, 3.8) is 0 Å². The molecule has 22 heavy (non-hydrogen) atoms. The highest BCUT2D eigenvalue weighted by Gasteiger charge is 2.57. The molecular weight excluding hydrogens is 284 g/mol. The van der Waals surface area contributed by atoms with Gasteiger partial charge in [0.2, 0.25) is 5.91 Å². The van der Waals surface area contributed by atoms with Crippen molar-refractivity contribution in [3.05, 3.63) is 0 Å². The minimum atomic E-state index is -0.864. The highest BCUT2D eigenvalue weighted by Crippen LogP contribution is 2.49. The molecule has 2 aliphatic rings. The lowest BCUT2D eigenvalue weighted by atomic mass is 9.57. The van der Waals surface area contributed by atoms with Crippen molar-refractivity contribution in [2.24, 2.45) is 10.8 Å². The Balaban J connectivity index is 2.26. The zero-order valence-corrected chi connectivity index (χ0v) is 14.1. The predicted molar refractivity (Wildman–Crippen MR) is 81.3 cm³/mol. The van der Waals surface area contributed by atoms with Gasteiger partial charge in [-0.3, -0.25) is 9.59 Å². The summed E-state index contributed by atoms with van der Waals surface area (Å²) in [7, 11) is 0. The van der Waals surface area contributed by atoms with Gasteiger partial charge >= 0.3 is 6.09 Å². The van der Waals surface area contributed by atoms with Crippen LogP contribution in [0.4, 0.5) is 4.79 Å². The van der Waals surface area contributed by atoms with Crippen LogP contribution in [0.1, 0.15) is 47.5 Å². The number of nitrogens with zero attached hydrogens (tertiary/aromatic N) is 1. The SMILES string of the molecule is CC(C)(C)OC(=O)N1CCC(C)(C)C2(CC(=O)CNC2=O)C1. The second-order valence-corrected chi connectivity index (χ2v) is 8.02. The van der Waals surface area contributed by atoms with Crippen molar-refractivity contribution in [2.45, 2.75) is 53.1 Å². The van der Waals surface area contributed by atoms with Crippen LogP contribution in [0.15, 0.2) is 0 Å². The zero-order chi connectivity index (χ0) is 16.8. The maximum Gasteiger partial charge on any atom is 0.410 e. The molecule has 0 bridgehead atoms. The normalized spacial score (nSPS) is 28.5. The Morgan fingerprint density at radius 3 is 2.50 bits per heavy atom. The minimum Gasteiger partial charge on any atom is -0.444 e. The summed E-state index contributed by atoms with van der Waals surface area (Å²) in [5.41, 5.74) is -1.79. The van der Waals surface area contributed by atoms with Crippen molar-refractivity contribution in [2.75, 3.05) is 19.6 Å². The van der Waals surface area contributed by atoms with Crippen LogP contribution in [0, 0.1) is 10.8 Å². The molecule has 0 saturated carbocycles. The number of likely N-dealkylation sites (tertiary alicyclic amines) is 1. The van der Waals surface area contributed by atoms with Gasteiger partial charge in [0.05, 0.1) is 12.0 Å². The Morgan fingerprint density at radius 2 is 1.91 bits per heavy atom. The molecule has 0 aromatic heterocycles. The summed E-state index contributed by atoms with van der Waals surface area (Å²) in [5.74, 6) is -0.121. The third-order valence-electron chi connectivity index (χ3n) is 4.79. The maximum absolute atomic E-state index is 12.5. The molecule has 6 nitrogen and oxygen atoms in total. The highest BCUT2D eigenvalue weighted by atomic mass is 16.6. The second kappa shape index (κ2) is 5.25. The van der Waals surface area contributed by atoms with Gasteiger partial charge < -0.3 is 15.0 Å². The molecule has 1 unspecified atom stereocenters. The summed E-state index contributed by atoms with van der Waals surface area (Å²) in [6.07, 6.45) is 0.422. The zero-order valence-electron chi connectivity index (χ0n) is 14.1. The van der Waals surface area contributed by atoms with E-state index in [1.54, 1.807) is 4.90 Å². The number of carbonyl (C=O) groups excluding carboxylic acids is 3. The summed E-state index contributed by atoms with van der Waals surface area (Å²) in [6.45, 7) is 10.3. The molecule has 1 spiro atoms. The molecule has 2 aliphatic heterocycles. The van der Waals surface area contributed by atoms with Crippen LogP contribution in [-0.4, -0.2) is 47.9 Å². The van der Waals surface area contributed by atoms with Crippen LogP contribution in [-0.2, 0) is 14.3 Å². The molecule has 2 heterocycles. The number of nitrogens with one attached hydrogen (secondary N) is 1. The average molecular weight is 310 g/mol. The van der Waals surface area contributed by atoms with E-state index in [2.05, 4.69) is 5.32 Å². The number of Topliss-reactive ketones (excluding diaryl/α,β-unsaturated/α-hetero) is 1. The monoisotopic (exact) mass is 310 g/mol. The van der Waals surface area contributed by atoms with E-state index in [0.29, 0.717) is 13.0 Å². The average Bonchev–Trinajstić information content (AvgIpc) is 2.35. The molecule has 2 amide bonds. The summed E-state index contributed by atoms with van der Waals surface area (Å²) < 4.78 is 5.41. The van der Waals surface area contributed by atoms with Gasteiger partial charge in [-0.05, 0) is 32.6 Å². The first-order valence-electron chi connectivity index (χ1n) is 7.75.